The zero-order chi connectivity index (χ0) is 79.0. The van der Waals surface area contributed by atoms with Crippen molar-refractivity contribution < 1.29 is 87.9 Å². The number of aliphatic hydroxyl groups excluding tert-OH is 4. The number of rotatable bonds is 58. The second-order valence-electron chi connectivity index (χ2n) is 25.4. The van der Waals surface area contributed by atoms with Gasteiger partial charge in [0.2, 0.25) is 70.9 Å². The number of imidazole rings is 1. The van der Waals surface area contributed by atoms with Crippen molar-refractivity contribution in [2.24, 2.45) is 28.7 Å². The Morgan fingerprint density at radius 2 is 0.752 bits per heavy atom. The predicted molar refractivity (Wildman–Crippen MR) is 381 cm³/mol. The Morgan fingerprint density at radius 1 is 0.419 bits per heavy atom. The van der Waals surface area contributed by atoms with Crippen LogP contribution in [0.3, 0.4) is 0 Å². The van der Waals surface area contributed by atoms with Crippen LogP contribution in [0.4, 0.5) is 0 Å². The van der Waals surface area contributed by atoms with E-state index in [1.54, 1.807) is 0 Å². The van der Waals surface area contributed by atoms with Crippen molar-refractivity contribution in [3.05, 3.63) is 18.2 Å². The van der Waals surface area contributed by atoms with Gasteiger partial charge in [-0.2, -0.15) is 0 Å². The first-order valence-corrected chi connectivity index (χ1v) is 35.4. The number of H-pyrrole nitrogens is 1. The van der Waals surface area contributed by atoms with E-state index in [0.717, 1.165) is 46.0 Å². The number of aliphatic hydroxyl groups is 4. The monoisotopic (exact) mass is 1490 g/mol. The Bertz CT molecular complexity index is 2940. The van der Waals surface area contributed by atoms with Gasteiger partial charge in [-0.25, -0.2) is 4.98 Å². The molecule has 0 bridgehead atoms. The molecule has 41 nitrogen and oxygen atoms in total. The molecule has 1 rings (SSSR count). The summed E-state index contributed by atoms with van der Waals surface area (Å²) in [6.07, 6.45) is 10.6. The van der Waals surface area contributed by atoms with Gasteiger partial charge in [0.05, 0.1) is 37.4 Å². The molecule has 12 atom stereocenters. The number of carbonyl (C=O) groups excluding carboxylic acids is 12. The smallest absolute Gasteiger partial charge is 0.303 e. The lowest BCUT2D eigenvalue weighted by Gasteiger charge is -2.29. The van der Waals surface area contributed by atoms with Gasteiger partial charge in [0.25, 0.3) is 0 Å². The molecule has 0 aliphatic carbocycles. The van der Waals surface area contributed by atoms with Gasteiger partial charge in [0.15, 0.2) is 17.9 Å². The molecule has 32 N–H and O–H groups in total. The highest BCUT2D eigenvalue weighted by Crippen LogP contribution is 2.15. The molecule has 41 heteroatoms. The molecular formula is C64H115N23O18. The van der Waals surface area contributed by atoms with Gasteiger partial charge in [-0.05, 0) is 71.6 Å². The third kappa shape index (κ3) is 41.2. The molecule has 1 heterocycles. The number of nitrogens with two attached hydrogens (primary N) is 5. The summed E-state index contributed by atoms with van der Waals surface area (Å²) in [7, 11) is 0. The number of carboxylic acids is 1. The molecule has 0 aliphatic rings. The number of aliphatic carboxylic acids is 1. The van der Waals surface area contributed by atoms with Gasteiger partial charge in [0, 0.05) is 51.5 Å². The number of aromatic amines is 1. The van der Waals surface area contributed by atoms with Gasteiger partial charge in [-0.1, -0.05) is 84.0 Å². The Morgan fingerprint density at radius 3 is 1.12 bits per heavy atom. The van der Waals surface area contributed by atoms with Crippen molar-refractivity contribution >= 4 is 94.7 Å². The normalized spacial score (nSPS) is 14.4. The first kappa shape index (κ1) is 93.0. The number of carboxylic acid groups (broad SMARTS) is 1. The molecule has 0 aliphatic heterocycles. The van der Waals surface area contributed by atoms with E-state index < -0.39 is 200 Å². The fraction of sp³-hybridized carbons (Fsp3) is 0.703. The molecule has 0 saturated carbocycles. The minimum Gasteiger partial charge on any atom is -0.481 e. The molecular weight excluding hydrogens is 1380 g/mol. The summed E-state index contributed by atoms with van der Waals surface area (Å²) >= 11 is 0. The van der Waals surface area contributed by atoms with Crippen molar-refractivity contribution in [2.75, 3.05) is 32.8 Å². The van der Waals surface area contributed by atoms with E-state index in [-0.39, 0.29) is 82.7 Å². The summed E-state index contributed by atoms with van der Waals surface area (Å²) in [5.74, 6) is -15.7. The minimum atomic E-state index is -2.02. The van der Waals surface area contributed by atoms with Gasteiger partial charge in [0.1, 0.15) is 60.4 Å². The number of nitrogens with one attached hydrogen (secondary N) is 17. The van der Waals surface area contributed by atoms with Crippen LogP contribution >= 0.6 is 0 Å². The second-order valence-corrected chi connectivity index (χ2v) is 25.4. The van der Waals surface area contributed by atoms with Gasteiger partial charge in [-0.15, -0.1) is 0 Å². The van der Waals surface area contributed by atoms with Gasteiger partial charge < -0.3 is 128 Å². The van der Waals surface area contributed by atoms with Crippen LogP contribution in [0.2, 0.25) is 0 Å². The minimum absolute atomic E-state index is 0.0114. The van der Waals surface area contributed by atoms with Gasteiger partial charge >= 0.3 is 5.97 Å². The quantitative estimate of drug-likeness (QED) is 0.0164. The fourth-order valence-corrected chi connectivity index (χ4v) is 10.5. The standard InChI is InChI=1S/C64H115N23O18/c1-4-5-6-7-8-9-10-11-12-13-14-15-16-23-48(93)78-40(20-17-28-74-62(67)68)53(97)83-44(31-38-32-73-35-77-38)57(101)80-41(21-18-29-75-63(69)70)54(98)81-43(24-26-47(65)92)56(100)86-51(37(3)91)61(105)82-42(22-19-30-76-64(71)72)55(99)84-45(33-88)58(102)85-46(34-89)59(103)87-50(36(2)90)60(104)79-39(52(66)96)25-27-49(94)95/h32,35-37,39-46,50-51,88-91H,4-31,33-34H2,1-3H3,(H2,65,92)(H2,66,96)(H,73,77)(H,78,93)(H,79,104)(H,80,101)(H,81,98)(H,82,105)(H,83,97)(H,84,99)(H,85,102)(H,86,100)(H,87,103)(H,94,95)(H4,67,68,74)(H4,69,70,75)(H4,71,72,76)/t36-,37-,39+,40+,41+,42+,43+,44+,45+,46+,50+,51+/m1/s1. The van der Waals surface area contributed by atoms with Crippen LogP contribution in [0.25, 0.3) is 0 Å². The number of nitrogens with zero attached hydrogens (tertiary/aromatic N) is 1. The Kier molecular flexibility index (Phi) is 46.8. The Labute approximate surface area is 609 Å². The molecule has 0 spiro atoms. The van der Waals surface area contributed by atoms with Crippen molar-refractivity contribution in [1.29, 1.82) is 16.2 Å². The number of amides is 12. The number of hydrogen-bond donors (Lipinski definition) is 27. The number of hydrogen-bond acceptors (Lipinski definition) is 21. The molecule has 594 valence electrons. The molecule has 105 heavy (non-hydrogen) atoms. The van der Waals surface area contributed by atoms with Gasteiger partial charge in [-0.3, -0.25) is 78.6 Å². The van der Waals surface area contributed by atoms with E-state index >= 15 is 0 Å². The summed E-state index contributed by atoms with van der Waals surface area (Å²) in [6.45, 7) is 1.88. The lowest BCUT2D eigenvalue weighted by atomic mass is 10.0. The number of guanidine groups is 3. The van der Waals surface area contributed by atoms with E-state index in [1.807, 2.05) is 5.32 Å². The zero-order valence-corrected chi connectivity index (χ0v) is 60.2. The van der Waals surface area contributed by atoms with Crippen LogP contribution in [-0.4, -0.2) is 236 Å². The van der Waals surface area contributed by atoms with E-state index in [0.29, 0.717) is 6.42 Å². The van der Waals surface area contributed by atoms with Crippen molar-refractivity contribution in [2.45, 2.75) is 254 Å². The Balaban J connectivity index is 3.55. The summed E-state index contributed by atoms with van der Waals surface area (Å²) < 4.78 is 0. The zero-order valence-electron chi connectivity index (χ0n) is 60.2. The van der Waals surface area contributed by atoms with Crippen LogP contribution in [0.15, 0.2) is 12.5 Å². The van der Waals surface area contributed by atoms with E-state index in [2.05, 4.69) is 80.7 Å². The van der Waals surface area contributed by atoms with Crippen molar-refractivity contribution in [1.82, 2.24) is 79.1 Å². The van der Waals surface area contributed by atoms with E-state index in [9.17, 15) is 82.8 Å². The first-order chi connectivity index (χ1) is 49.7. The summed E-state index contributed by atoms with van der Waals surface area (Å²) in [5.41, 5.74) is 27.4. The number of aromatic nitrogens is 2. The second kappa shape index (κ2) is 52.8. The van der Waals surface area contributed by atoms with Crippen LogP contribution in [-0.2, 0) is 68.7 Å². The summed E-state index contributed by atoms with van der Waals surface area (Å²) in [6, 6.07) is -17.3. The first-order valence-electron chi connectivity index (χ1n) is 35.4. The highest BCUT2D eigenvalue weighted by atomic mass is 16.4. The third-order valence-corrected chi connectivity index (χ3v) is 16.4. The van der Waals surface area contributed by atoms with Crippen molar-refractivity contribution in [3.8, 4) is 0 Å². The van der Waals surface area contributed by atoms with E-state index in [1.165, 1.54) is 57.5 Å². The number of primary amides is 2. The topological polar surface area (TPSA) is 710 Å². The fourth-order valence-electron chi connectivity index (χ4n) is 10.5. The molecule has 0 fully saturated rings. The highest BCUT2D eigenvalue weighted by Gasteiger charge is 2.38. The maximum atomic E-state index is 14.6. The molecule has 1 aromatic heterocycles. The number of carbonyl (C=O) groups is 13. The largest absolute Gasteiger partial charge is 0.481 e. The average molecular weight is 1490 g/mol. The SMILES string of the molecule is CCCCCCCCCCCCCCCC(=O)N[C@@H](CCCNC(=N)N)C(=O)N[C@@H](Cc1c[nH]cn1)C(=O)N[C@@H](CCCNC(=N)N)C(=O)N[C@@H](CCC(N)=O)C(=O)N[C@H](C(=O)N[C@@H](CCCNC(=N)N)C(=O)N[C@@H](CO)C(=O)N[C@@H](CO)C(=O)N[C@H](C(=O)N[C@@H](CCC(=O)O)C(N)=O)[C@@H](C)O)[C@@H](C)O. The van der Waals surface area contributed by atoms with Crippen LogP contribution < -0.4 is 97.8 Å². The molecule has 0 saturated heterocycles. The van der Waals surface area contributed by atoms with Crippen molar-refractivity contribution in [3.63, 3.8) is 0 Å². The Hall–Kier alpha value is -10.0. The highest BCUT2D eigenvalue weighted by molar-refractivity contribution is 5.99. The maximum Gasteiger partial charge on any atom is 0.303 e. The summed E-state index contributed by atoms with van der Waals surface area (Å²) in [4.78, 5) is 182. The molecule has 0 radical (unpaired) electrons. The molecule has 12 amide bonds. The lowest BCUT2D eigenvalue weighted by Crippen LogP contribution is -2.63. The lowest BCUT2D eigenvalue weighted by molar-refractivity contribution is -0.139. The van der Waals surface area contributed by atoms with Crippen LogP contribution in [0, 0.1) is 16.2 Å². The molecule has 0 unspecified atom stereocenters. The molecule has 0 aromatic carbocycles. The maximum absolute atomic E-state index is 14.6. The van der Waals surface area contributed by atoms with Crippen LogP contribution in [0.5, 0.6) is 0 Å². The average Bonchev–Trinajstić information content (AvgIpc) is 1.39. The molecule has 1 aromatic rings. The van der Waals surface area contributed by atoms with Crippen LogP contribution in [0.1, 0.15) is 181 Å². The third-order valence-electron chi connectivity index (χ3n) is 16.4. The number of unbranched alkanes of at least 4 members (excludes halogenated alkanes) is 12. The van der Waals surface area contributed by atoms with E-state index in [4.69, 9.17) is 50.0 Å². The summed E-state index contributed by atoms with van der Waals surface area (Å²) in [5, 5.41) is 105. The predicted octanol–water partition coefficient (Wildman–Crippen LogP) is -6.57.